The molecule has 5 heteroatoms. The Morgan fingerprint density at radius 1 is 1.37 bits per heavy atom. The normalized spacial score (nSPS) is 12.6. The van der Waals surface area contributed by atoms with Crippen LogP contribution in [-0.4, -0.2) is 27.9 Å². The van der Waals surface area contributed by atoms with Crippen molar-refractivity contribution < 1.29 is 0 Å². The highest BCUT2D eigenvalue weighted by Gasteiger charge is 2.12. The molecule has 1 heterocycles. The molecule has 0 fully saturated rings. The van der Waals surface area contributed by atoms with Crippen molar-refractivity contribution in [3.05, 3.63) is 46.5 Å². The zero-order valence-electron chi connectivity index (χ0n) is 11.3. The molecule has 1 aromatic carbocycles. The highest BCUT2D eigenvalue weighted by molar-refractivity contribution is 9.10. The molecule has 2 aromatic rings. The molecule has 0 spiro atoms. The Morgan fingerprint density at radius 2 is 2.21 bits per heavy atom. The predicted octanol–water partition coefficient (Wildman–Crippen LogP) is 2.43. The Balaban J connectivity index is 2.04. The van der Waals surface area contributed by atoms with Crippen molar-refractivity contribution in [2.75, 3.05) is 7.05 Å². The molecule has 102 valence electrons. The van der Waals surface area contributed by atoms with E-state index in [9.17, 15) is 0 Å². The van der Waals surface area contributed by atoms with Crippen LogP contribution < -0.4 is 5.32 Å². The monoisotopic (exact) mass is 322 g/mol. The molecular weight excluding hydrogens is 304 g/mol. The number of halogens is 1. The number of rotatable bonds is 6. The van der Waals surface area contributed by atoms with Crippen LogP contribution in [0.3, 0.4) is 0 Å². The second-order valence-electron chi connectivity index (χ2n) is 4.52. The van der Waals surface area contributed by atoms with Crippen molar-refractivity contribution in [2.24, 2.45) is 0 Å². The number of hydrogen-bond acceptors (Lipinski definition) is 3. The molecule has 1 N–H and O–H groups in total. The minimum Gasteiger partial charge on any atom is -0.316 e. The smallest absolute Gasteiger partial charge is 0.138 e. The van der Waals surface area contributed by atoms with E-state index in [0.717, 1.165) is 29.7 Å². The molecule has 0 radical (unpaired) electrons. The third-order valence-corrected chi connectivity index (χ3v) is 3.70. The standard InChI is InChI=1S/C14H19BrN4/c1-3-19-14(17-10-18-19)9-13(16-2)8-11-5-4-6-12(15)7-11/h4-7,10,13,16H,3,8-9H2,1-2H3. The fraction of sp³-hybridized carbons (Fsp3) is 0.429. The number of nitrogens with zero attached hydrogens (tertiary/aromatic N) is 3. The summed E-state index contributed by atoms with van der Waals surface area (Å²) >= 11 is 3.51. The van der Waals surface area contributed by atoms with Gasteiger partial charge in [0.2, 0.25) is 0 Å². The largest absolute Gasteiger partial charge is 0.316 e. The third kappa shape index (κ3) is 3.88. The maximum absolute atomic E-state index is 4.34. The quantitative estimate of drug-likeness (QED) is 0.888. The van der Waals surface area contributed by atoms with Gasteiger partial charge in [0.05, 0.1) is 0 Å². The first kappa shape index (κ1) is 14.2. The third-order valence-electron chi connectivity index (χ3n) is 3.20. The van der Waals surface area contributed by atoms with Crippen LogP contribution in [0.1, 0.15) is 18.3 Å². The van der Waals surface area contributed by atoms with Gasteiger partial charge in [-0.3, -0.25) is 4.68 Å². The van der Waals surface area contributed by atoms with Crippen LogP contribution in [0.15, 0.2) is 35.1 Å². The first-order valence-corrected chi connectivity index (χ1v) is 7.30. The molecule has 2 rings (SSSR count). The second kappa shape index (κ2) is 6.82. The van der Waals surface area contributed by atoms with Crippen LogP contribution in [0.2, 0.25) is 0 Å². The van der Waals surface area contributed by atoms with Gasteiger partial charge in [-0.2, -0.15) is 5.10 Å². The fourth-order valence-electron chi connectivity index (χ4n) is 2.16. The summed E-state index contributed by atoms with van der Waals surface area (Å²) in [5.41, 5.74) is 1.32. The van der Waals surface area contributed by atoms with Crippen LogP contribution >= 0.6 is 15.9 Å². The van der Waals surface area contributed by atoms with Crippen LogP contribution in [0.4, 0.5) is 0 Å². The van der Waals surface area contributed by atoms with Gasteiger partial charge in [-0.1, -0.05) is 28.1 Å². The van der Waals surface area contributed by atoms with E-state index in [0.29, 0.717) is 6.04 Å². The molecular formula is C14H19BrN4. The lowest BCUT2D eigenvalue weighted by Gasteiger charge is -2.16. The molecule has 0 saturated heterocycles. The van der Waals surface area contributed by atoms with Crippen LogP contribution in [0, 0.1) is 0 Å². The Labute approximate surface area is 122 Å². The summed E-state index contributed by atoms with van der Waals surface area (Å²) in [6, 6.07) is 8.80. The Bertz CT molecular complexity index is 524. The van der Waals surface area contributed by atoms with E-state index in [-0.39, 0.29) is 0 Å². The predicted molar refractivity (Wildman–Crippen MR) is 80.1 cm³/mol. The lowest BCUT2D eigenvalue weighted by atomic mass is 10.0. The van der Waals surface area contributed by atoms with Gasteiger partial charge in [0.25, 0.3) is 0 Å². The van der Waals surface area contributed by atoms with Gasteiger partial charge in [0.1, 0.15) is 12.2 Å². The highest BCUT2D eigenvalue weighted by atomic mass is 79.9. The number of benzene rings is 1. The lowest BCUT2D eigenvalue weighted by Crippen LogP contribution is -2.31. The molecule has 19 heavy (non-hydrogen) atoms. The second-order valence-corrected chi connectivity index (χ2v) is 5.43. The summed E-state index contributed by atoms with van der Waals surface area (Å²) in [6.07, 6.45) is 3.49. The maximum atomic E-state index is 4.34. The zero-order chi connectivity index (χ0) is 13.7. The lowest BCUT2D eigenvalue weighted by molar-refractivity contribution is 0.513. The Kier molecular flexibility index (Phi) is 5.10. The minimum atomic E-state index is 0.365. The summed E-state index contributed by atoms with van der Waals surface area (Å²) < 4.78 is 3.07. The number of likely N-dealkylation sites (N-methyl/N-ethyl adjacent to an activating group) is 1. The van der Waals surface area contributed by atoms with Gasteiger partial charge in [0, 0.05) is 23.5 Å². The van der Waals surface area contributed by atoms with Crippen molar-refractivity contribution in [1.29, 1.82) is 0 Å². The number of hydrogen-bond donors (Lipinski definition) is 1. The van der Waals surface area contributed by atoms with E-state index in [1.807, 2.05) is 17.8 Å². The summed E-state index contributed by atoms with van der Waals surface area (Å²) in [7, 11) is 2.00. The van der Waals surface area contributed by atoms with E-state index >= 15 is 0 Å². The number of nitrogens with one attached hydrogen (secondary N) is 1. The molecule has 0 saturated carbocycles. The maximum Gasteiger partial charge on any atom is 0.138 e. The van der Waals surface area contributed by atoms with Crippen molar-refractivity contribution in [3.8, 4) is 0 Å². The Hall–Kier alpha value is -1.20. The van der Waals surface area contributed by atoms with E-state index in [4.69, 9.17) is 0 Å². The van der Waals surface area contributed by atoms with E-state index < -0.39 is 0 Å². The summed E-state index contributed by atoms with van der Waals surface area (Å²) in [6.45, 7) is 2.95. The molecule has 0 bridgehead atoms. The topological polar surface area (TPSA) is 42.7 Å². The van der Waals surface area contributed by atoms with Crippen molar-refractivity contribution in [2.45, 2.75) is 32.4 Å². The molecule has 1 unspecified atom stereocenters. The van der Waals surface area contributed by atoms with Crippen LogP contribution in [0.25, 0.3) is 0 Å². The van der Waals surface area contributed by atoms with Gasteiger partial charge >= 0.3 is 0 Å². The van der Waals surface area contributed by atoms with Crippen molar-refractivity contribution in [3.63, 3.8) is 0 Å². The van der Waals surface area contributed by atoms with Gasteiger partial charge in [-0.15, -0.1) is 0 Å². The molecule has 0 aliphatic carbocycles. The number of aryl methyl sites for hydroxylation is 1. The van der Waals surface area contributed by atoms with Crippen LogP contribution in [-0.2, 0) is 19.4 Å². The van der Waals surface area contributed by atoms with E-state index in [1.165, 1.54) is 5.56 Å². The van der Waals surface area contributed by atoms with E-state index in [2.05, 4.69) is 56.5 Å². The zero-order valence-corrected chi connectivity index (χ0v) is 12.9. The van der Waals surface area contributed by atoms with Gasteiger partial charge in [-0.05, 0) is 38.1 Å². The SMILES string of the molecule is CCn1ncnc1CC(Cc1cccc(Br)c1)NC. The summed E-state index contributed by atoms with van der Waals surface area (Å²) in [5, 5.41) is 7.58. The molecule has 0 amide bonds. The molecule has 0 aliphatic heterocycles. The average Bonchev–Trinajstić information content (AvgIpc) is 2.85. The van der Waals surface area contributed by atoms with Crippen molar-refractivity contribution >= 4 is 15.9 Å². The number of aromatic nitrogens is 3. The average molecular weight is 323 g/mol. The summed E-state index contributed by atoms with van der Waals surface area (Å²) in [5.74, 6) is 1.04. The van der Waals surface area contributed by atoms with Crippen molar-refractivity contribution in [1.82, 2.24) is 20.1 Å². The van der Waals surface area contributed by atoms with E-state index in [1.54, 1.807) is 6.33 Å². The molecule has 1 atom stereocenters. The first-order chi connectivity index (χ1) is 9.22. The highest BCUT2D eigenvalue weighted by Crippen LogP contribution is 2.14. The fourth-order valence-corrected chi connectivity index (χ4v) is 2.60. The Morgan fingerprint density at radius 3 is 2.89 bits per heavy atom. The molecule has 0 aliphatic rings. The molecule has 1 aromatic heterocycles. The van der Waals surface area contributed by atoms with Gasteiger partial charge < -0.3 is 5.32 Å². The molecule has 4 nitrogen and oxygen atoms in total. The first-order valence-electron chi connectivity index (χ1n) is 6.51. The van der Waals surface area contributed by atoms with Gasteiger partial charge in [-0.25, -0.2) is 4.98 Å². The van der Waals surface area contributed by atoms with Gasteiger partial charge in [0.15, 0.2) is 0 Å². The minimum absolute atomic E-state index is 0.365. The summed E-state index contributed by atoms with van der Waals surface area (Å²) in [4.78, 5) is 4.34. The van der Waals surface area contributed by atoms with Crippen LogP contribution in [0.5, 0.6) is 0 Å².